The number of ether oxygens (including phenoxy) is 1. The third kappa shape index (κ3) is 4.06. The van der Waals surface area contributed by atoms with Crippen LogP contribution in [0.15, 0.2) is 27.9 Å². The Morgan fingerprint density at radius 1 is 1.75 bits per heavy atom. The minimum atomic E-state index is -0.315. The molecule has 0 amide bonds. The SMILES string of the molecule is COC(=O)C[C@@H](CN=[N+]=[N-])Cc1ccco1. The summed E-state index contributed by atoms with van der Waals surface area (Å²) in [6.07, 6.45) is 2.34. The lowest BCUT2D eigenvalue weighted by atomic mass is 10.0. The van der Waals surface area contributed by atoms with Crippen LogP contribution in [0.2, 0.25) is 0 Å². The van der Waals surface area contributed by atoms with E-state index in [1.165, 1.54) is 7.11 Å². The van der Waals surface area contributed by atoms with Gasteiger partial charge in [0.1, 0.15) is 5.76 Å². The molecular formula is C10H13N3O3. The topological polar surface area (TPSA) is 88.2 Å². The average Bonchev–Trinajstić information content (AvgIpc) is 2.78. The minimum absolute atomic E-state index is 0.0884. The first kappa shape index (κ1) is 12.1. The molecule has 1 rings (SSSR count). The second kappa shape index (κ2) is 6.53. The molecule has 0 bridgehead atoms. The van der Waals surface area contributed by atoms with Crippen LogP contribution in [-0.4, -0.2) is 19.6 Å². The van der Waals surface area contributed by atoms with Crippen molar-refractivity contribution in [3.63, 3.8) is 0 Å². The molecule has 0 N–H and O–H groups in total. The highest BCUT2D eigenvalue weighted by molar-refractivity contribution is 5.69. The van der Waals surface area contributed by atoms with E-state index in [0.717, 1.165) is 5.76 Å². The van der Waals surface area contributed by atoms with Crippen molar-refractivity contribution in [1.29, 1.82) is 0 Å². The second-order valence-corrected chi connectivity index (χ2v) is 3.34. The fourth-order valence-electron chi connectivity index (χ4n) is 1.39. The van der Waals surface area contributed by atoms with Crippen molar-refractivity contribution in [1.82, 2.24) is 0 Å². The van der Waals surface area contributed by atoms with Crippen molar-refractivity contribution in [2.75, 3.05) is 13.7 Å². The van der Waals surface area contributed by atoms with Crippen LogP contribution in [0.1, 0.15) is 12.2 Å². The number of hydrogen-bond donors (Lipinski definition) is 0. The molecule has 1 heterocycles. The molecule has 16 heavy (non-hydrogen) atoms. The number of carbonyl (C=O) groups is 1. The van der Waals surface area contributed by atoms with Crippen LogP contribution in [0.3, 0.4) is 0 Å². The van der Waals surface area contributed by atoms with Crippen molar-refractivity contribution in [3.05, 3.63) is 34.6 Å². The molecule has 0 spiro atoms. The minimum Gasteiger partial charge on any atom is -0.469 e. The fourth-order valence-corrected chi connectivity index (χ4v) is 1.39. The van der Waals surface area contributed by atoms with Gasteiger partial charge in [-0.25, -0.2) is 0 Å². The quantitative estimate of drug-likeness (QED) is 0.321. The summed E-state index contributed by atoms with van der Waals surface area (Å²) in [5, 5.41) is 3.47. The van der Waals surface area contributed by atoms with E-state index in [9.17, 15) is 4.79 Å². The molecule has 1 aromatic rings. The predicted molar refractivity (Wildman–Crippen MR) is 56.5 cm³/mol. The maximum atomic E-state index is 11.1. The Morgan fingerprint density at radius 3 is 3.12 bits per heavy atom. The summed E-state index contributed by atoms with van der Waals surface area (Å²) in [4.78, 5) is 13.8. The highest BCUT2D eigenvalue weighted by atomic mass is 16.5. The maximum absolute atomic E-state index is 11.1. The Kier molecular flexibility index (Phi) is 4.95. The Balaban J connectivity index is 2.56. The van der Waals surface area contributed by atoms with E-state index < -0.39 is 0 Å². The van der Waals surface area contributed by atoms with Gasteiger partial charge < -0.3 is 9.15 Å². The number of rotatable bonds is 6. The number of esters is 1. The van der Waals surface area contributed by atoms with Gasteiger partial charge in [-0.05, 0) is 23.6 Å². The number of nitrogens with zero attached hydrogens (tertiary/aromatic N) is 3. The monoisotopic (exact) mass is 223 g/mol. The smallest absolute Gasteiger partial charge is 0.305 e. The van der Waals surface area contributed by atoms with Gasteiger partial charge in [-0.1, -0.05) is 5.11 Å². The lowest BCUT2D eigenvalue weighted by Gasteiger charge is -2.10. The first-order chi connectivity index (χ1) is 7.76. The molecule has 0 saturated heterocycles. The average molecular weight is 223 g/mol. The highest BCUT2D eigenvalue weighted by Gasteiger charge is 2.15. The van der Waals surface area contributed by atoms with Gasteiger partial charge in [-0.15, -0.1) is 0 Å². The molecule has 1 atom stereocenters. The second-order valence-electron chi connectivity index (χ2n) is 3.34. The Morgan fingerprint density at radius 2 is 2.56 bits per heavy atom. The summed E-state index contributed by atoms with van der Waals surface area (Å²) in [6.45, 7) is 0.256. The van der Waals surface area contributed by atoms with Gasteiger partial charge in [0.05, 0.1) is 13.4 Å². The zero-order valence-electron chi connectivity index (χ0n) is 9.00. The van der Waals surface area contributed by atoms with Crippen LogP contribution < -0.4 is 0 Å². The standard InChI is InChI=1S/C10H13N3O3/c1-15-10(14)6-8(7-12-13-11)5-9-3-2-4-16-9/h2-4,8H,5-7H2,1H3/t8-/m0/s1. The Hall–Kier alpha value is -1.94. The zero-order chi connectivity index (χ0) is 11.8. The molecule has 0 aromatic carbocycles. The number of carbonyl (C=O) groups excluding carboxylic acids is 1. The van der Waals surface area contributed by atoms with E-state index in [2.05, 4.69) is 14.8 Å². The molecule has 0 saturated carbocycles. The van der Waals surface area contributed by atoms with Crippen molar-refractivity contribution in [3.8, 4) is 0 Å². The molecular weight excluding hydrogens is 210 g/mol. The van der Waals surface area contributed by atoms with Gasteiger partial charge in [0, 0.05) is 24.3 Å². The van der Waals surface area contributed by atoms with Crippen molar-refractivity contribution in [2.24, 2.45) is 11.0 Å². The summed E-state index contributed by atoms with van der Waals surface area (Å²) >= 11 is 0. The summed E-state index contributed by atoms with van der Waals surface area (Å²) in [5.41, 5.74) is 8.25. The van der Waals surface area contributed by atoms with Crippen LogP contribution in [0.4, 0.5) is 0 Å². The molecule has 1 aromatic heterocycles. The van der Waals surface area contributed by atoms with E-state index in [4.69, 9.17) is 9.95 Å². The number of furan rings is 1. The van der Waals surface area contributed by atoms with Crippen molar-refractivity contribution in [2.45, 2.75) is 12.8 Å². The van der Waals surface area contributed by atoms with Crippen molar-refractivity contribution < 1.29 is 13.9 Å². The van der Waals surface area contributed by atoms with Crippen LogP contribution in [0.5, 0.6) is 0 Å². The van der Waals surface area contributed by atoms with Gasteiger partial charge in [0.25, 0.3) is 0 Å². The van der Waals surface area contributed by atoms with Gasteiger partial charge >= 0.3 is 5.97 Å². The first-order valence-corrected chi connectivity index (χ1v) is 4.86. The van der Waals surface area contributed by atoms with Gasteiger partial charge in [-0.3, -0.25) is 4.79 Å². The zero-order valence-corrected chi connectivity index (χ0v) is 9.00. The number of azide groups is 1. The fraction of sp³-hybridized carbons (Fsp3) is 0.500. The predicted octanol–water partition coefficient (Wildman–Crippen LogP) is 2.31. The molecule has 86 valence electrons. The van der Waals surface area contributed by atoms with Gasteiger partial charge in [0.2, 0.25) is 0 Å². The largest absolute Gasteiger partial charge is 0.469 e. The summed E-state index contributed by atoms with van der Waals surface area (Å²) in [7, 11) is 1.33. The van der Waals surface area contributed by atoms with E-state index in [1.54, 1.807) is 12.3 Å². The molecule has 0 radical (unpaired) electrons. The molecule has 0 unspecified atom stereocenters. The third-order valence-corrected chi connectivity index (χ3v) is 2.16. The molecule has 0 aliphatic heterocycles. The molecule has 6 nitrogen and oxygen atoms in total. The summed E-state index contributed by atoms with van der Waals surface area (Å²) < 4.78 is 9.75. The number of hydrogen-bond acceptors (Lipinski definition) is 4. The van der Waals surface area contributed by atoms with Crippen LogP contribution in [0.25, 0.3) is 10.4 Å². The Bertz CT molecular complexity index is 369. The van der Waals surface area contributed by atoms with E-state index in [-0.39, 0.29) is 24.9 Å². The summed E-state index contributed by atoms with van der Waals surface area (Å²) in [6, 6.07) is 3.60. The number of methoxy groups -OCH3 is 1. The van der Waals surface area contributed by atoms with E-state index >= 15 is 0 Å². The van der Waals surface area contributed by atoms with Crippen LogP contribution >= 0.6 is 0 Å². The van der Waals surface area contributed by atoms with Crippen LogP contribution in [-0.2, 0) is 16.0 Å². The molecule has 0 aliphatic rings. The third-order valence-electron chi connectivity index (χ3n) is 2.16. The highest BCUT2D eigenvalue weighted by Crippen LogP contribution is 2.14. The Labute approximate surface area is 92.8 Å². The molecule has 6 heteroatoms. The maximum Gasteiger partial charge on any atom is 0.305 e. The lowest BCUT2D eigenvalue weighted by molar-refractivity contribution is -0.141. The van der Waals surface area contributed by atoms with Crippen molar-refractivity contribution >= 4 is 5.97 Å². The molecule has 0 fully saturated rings. The van der Waals surface area contributed by atoms with Crippen LogP contribution in [0, 0.1) is 5.92 Å². The molecule has 0 aliphatic carbocycles. The lowest BCUT2D eigenvalue weighted by Crippen LogP contribution is -2.14. The normalized spacial score (nSPS) is 11.6. The van der Waals surface area contributed by atoms with E-state index in [0.29, 0.717) is 6.42 Å². The van der Waals surface area contributed by atoms with Gasteiger partial charge in [0.15, 0.2) is 0 Å². The van der Waals surface area contributed by atoms with Gasteiger partial charge in [-0.2, -0.15) is 0 Å². The first-order valence-electron chi connectivity index (χ1n) is 4.86. The van der Waals surface area contributed by atoms with E-state index in [1.807, 2.05) is 6.07 Å². The summed E-state index contributed by atoms with van der Waals surface area (Å²) in [5.74, 6) is 0.362.